The molecule has 0 fully saturated rings. The largest absolute Gasteiger partial charge is 0.444 e. The van der Waals surface area contributed by atoms with Crippen molar-refractivity contribution < 1.29 is 13.9 Å². The van der Waals surface area contributed by atoms with Gasteiger partial charge < -0.3 is 4.74 Å². The molecule has 0 unspecified atom stereocenters. The number of hydrogen-bond donors (Lipinski definition) is 1. The minimum Gasteiger partial charge on any atom is -0.444 e. The minimum absolute atomic E-state index is 0.426. The molecule has 0 atom stereocenters. The number of pyridine rings is 2. The summed E-state index contributed by atoms with van der Waals surface area (Å²) in [5.41, 5.74) is 0.725. The summed E-state index contributed by atoms with van der Waals surface area (Å²) >= 11 is 0. The number of ether oxygens (including phenoxy) is 1. The molecule has 0 aliphatic heterocycles. The van der Waals surface area contributed by atoms with Gasteiger partial charge in [-0.3, -0.25) is 15.3 Å². The SMILES string of the molecule is CC(C)(C)OC(=O)Nc1cccnc1-c1cncc(F)c1. The molecule has 2 aromatic rings. The molecule has 0 saturated carbocycles. The number of hydrogen-bond acceptors (Lipinski definition) is 4. The zero-order valence-electron chi connectivity index (χ0n) is 12.1. The van der Waals surface area contributed by atoms with Gasteiger partial charge in [0.25, 0.3) is 0 Å². The van der Waals surface area contributed by atoms with Crippen LogP contribution < -0.4 is 5.32 Å². The molecular formula is C15H16FN3O2. The van der Waals surface area contributed by atoms with E-state index in [0.29, 0.717) is 16.9 Å². The second-order valence-corrected chi connectivity index (χ2v) is 5.42. The number of anilines is 1. The van der Waals surface area contributed by atoms with Gasteiger partial charge in [-0.2, -0.15) is 0 Å². The second kappa shape index (κ2) is 5.87. The summed E-state index contributed by atoms with van der Waals surface area (Å²) in [6.07, 6.45) is 3.54. The van der Waals surface area contributed by atoms with Crippen LogP contribution in [0.25, 0.3) is 11.3 Å². The van der Waals surface area contributed by atoms with Crippen molar-refractivity contribution in [3.05, 3.63) is 42.6 Å². The predicted octanol–water partition coefficient (Wildman–Crippen LogP) is 3.63. The Morgan fingerprint density at radius 1 is 1.33 bits per heavy atom. The van der Waals surface area contributed by atoms with Crippen molar-refractivity contribution >= 4 is 11.8 Å². The molecule has 0 saturated heterocycles. The number of carbonyl (C=O) groups is 1. The van der Waals surface area contributed by atoms with Crippen molar-refractivity contribution in [2.75, 3.05) is 5.32 Å². The normalized spacial score (nSPS) is 11.0. The van der Waals surface area contributed by atoms with Gasteiger partial charge in [0.1, 0.15) is 11.4 Å². The highest BCUT2D eigenvalue weighted by Gasteiger charge is 2.18. The van der Waals surface area contributed by atoms with E-state index in [0.717, 1.165) is 6.20 Å². The van der Waals surface area contributed by atoms with Crippen molar-refractivity contribution in [2.45, 2.75) is 26.4 Å². The number of nitrogens with zero attached hydrogens (tertiary/aromatic N) is 2. The third kappa shape index (κ3) is 4.24. The van der Waals surface area contributed by atoms with E-state index >= 15 is 0 Å². The molecule has 0 aromatic carbocycles. The maximum atomic E-state index is 13.3. The van der Waals surface area contributed by atoms with E-state index in [4.69, 9.17) is 4.74 Å². The van der Waals surface area contributed by atoms with E-state index in [1.54, 1.807) is 39.1 Å². The molecule has 2 heterocycles. The summed E-state index contributed by atoms with van der Waals surface area (Å²) in [7, 11) is 0. The molecule has 0 aliphatic rings. The Balaban J connectivity index is 2.28. The first-order valence-corrected chi connectivity index (χ1v) is 6.41. The van der Waals surface area contributed by atoms with Gasteiger partial charge in [0, 0.05) is 18.0 Å². The topological polar surface area (TPSA) is 64.1 Å². The number of nitrogens with one attached hydrogen (secondary N) is 1. The van der Waals surface area contributed by atoms with Crippen molar-refractivity contribution in [2.24, 2.45) is 0 Å². The zero-order valence-corrected chi connectivity index (χ0v) is 12.1. The Morgan fingerprint density at radius 3 is 2.76 bits per heavy atom. The van der Waals surface area contributed by atoms with Crippen LogP contribution in [0, 0.1) is 5.82 Å². The molecule has 0 spiro atoms. The lowest BCUT2D eigenvalue weighted by Gasteiger charge is -2.20. The van der Waals surface area contributed by atoms with E-state index in [1.165, 1.54) is 12.3 Å². The molecule has 0 radical (unpaired) electrons. The van der Waals surface area contributed by atoms with Crippen molar-refractivity contribution in [3.8, 4) is 11.3 Å². The van der Waals surface area contributed by atoms with Crippen LogP contribution in [0.15, 0.2) is 36.8 Å². The van der Waals surface area contributed by atoms with Gasteiger partial charge in [0.15, 0.2) is 0 Å². The molecule has 5 nitrogen and oxygen atoms in total. The quantitative estimate of drug-likeness (QED) is 0.917. The number of carbonyl (C=O) groups excluding carboxylic acids is 1. The lowest BCUT2D eigenvalue weighted by Crippen LogP contribution is -2.27. The fourth-order valence-corrected chi connectivity index (χ4v) is 1.69. The molecule has 6 heteroatoms. The Kier molecular flexibility index (Phi) is 4.16. The first-order chi connectivity index (χ1) is 9.85. The summed E-state index contributed by atoms with van der Waals surface area (Å²) in [5, 5.41) is 2.61. The molecule has 1 N–H and O–H groups in total. The maximum Gasteiger partial charge on any atom is 0.412 e. The summed E-state index contributed by atoms with van der Waals surface area (Å²) in [5.74, 6) is -0.471. The van der Waals surface area contributed by atoms with E-state index < -0.39 is 17.5 Å². The standard InChI is InChI=1S/C15H16FN3O2/c1-15(2,3)21-14(20)19-12-5-4-6-18-13(12)10-7-11(16)9-17-8-10/h4-9H,1-3H3,(H,19,20). The Bertz CT molecular complexity index is 653. The van der Waals surface area contributed by atoms with Gasteiger partial charge in [-0.25, -0.2) is 9.18 Å². The predicted molar refractivity (Wildman–Crippen MR) is 77.3 cm³/mol. The van der Waals surface area contributed by atoms with Crippen molar-refractivity contribution in [1.82, 2.24) is 9.97 Å². The van der Waals surface area contributed by atoms with Crippen LogP contribution in [-0.2, 0) is 4.74 Å². The Morgan fingerprint density at radius 2 is 2.10 bits per heavy atom. The highest BCUT2D eigenvalue weighted by atomic mass is 19.1. The summed E-state index contributed by atoms with van der Waals surface area (Å²) in [6.45, 7) is 5.31. The van der Waals surface area contributed by atoms with E-state index in [9.17, 15) is 9.18 Å². The summed E-state index contributed by atoms with van der Waals surface area (Å²) in [6, 6.07) is 4.63. The maximum absolute atomic E-state index is 13.3. The molecular weight excluding hydrogens is 273 g/mol. The number of halogens is 1. The first-order valence-electron chi connectivity index (χ1n) is 6.41. The van der Waals surface area contributed by atoms with Crippen LogP contribution in [0.3, 0.4) is 0 Å². The lowest BCUT2D eigenvalue weighted by molar-refractivity contribution is 0.0636. The highest BCUT2D eigenvalue weighted by molar-refractivity contribution is 5.90. The Hall–Kier alpha value is -2.50. The smallest absolute Gasteiger partial charge is 0.412 e. The van der Waals surface area contributed by atoms with Crippen molar-refractivity contribution in [3.63, 3.8) is 0 Å². The molecule has 2 rings (SSSR count). The average Bonchev–Trinajstić information content (AvgIpc) is 2.37. The van der Waals surface area contributed by atoms with Gasteiger partial charge >= 0.3 is 6.09 Å². The van der Waals surface area contributed by atoms with Gasteiger partial charge in [-0.15, -0.1) is 0 Å². The summed E-state index contributed by atoms with van der Waals surface area (Å²) < 4.78 is 18.5. The molecule has 0 aliphatic carbocycles. The van der Waals surface area contributed by atoms with E-state index in [2.05, 4.69) is 15.3 Å². The molecule has 1 amide bonds. The van der Waals surface area contributed by atoms with Crippen LogP contribution in [0.1, 0.15) is 20.8 Å². The monoisotopic (exact) mass is 289 g/mol. The minimum atomic E-state index is -0.604. The van der Waals surface area contributed by atoms with Crippen LogP contribution in [0.4, 0.5) is 14.9 Å². The number of aromatic nitrogens is 2. The van der Waals surface area contributed by atoms with Gasteiger partial charge in [0.2, 0.25) is 0 Å². The first kappa shape index (κ1) is 14.9. The zero-order chi connectivity index (χ0) is 15.5. The van der Waals surface area contributed by atoms with Gasteiger partial charge in [-0.05, 0) is 39.0 Å². The Labute approximate surface area is 122 Å². The molecule has 21 heavy (non-hydrogen) atoms. The number of rotatable bonds is 2. The molecule has 110 valence electrons. The third-order valence-corrected chi connectivity index (χ3v) is 2.42. The van der Waals surface area contributed by atoms with Gasteiger partial charge in [-0.1, -0.05) is 0 Å². The lowest BCUT2D eigenvalue weighted by atomic mass is 10.1. The molecule has 0 bridgehead atoms. The van der Waals surface area contributed by atoms with Crippen LogP contribution in [0.5, 0.6) is 0 Å². The highest BCUT2D eigenvalue weighted by Crippen LogP contribution is 2.25. The molecule has 2 aromatic heterocycles. The van der Waals surface area contributed by atoms with Crippen LogP contribution >= 0.6 is 0 Å². The van der Waals surface area contributed by atoms with E-state index in [1.807, 2.05) is 0 Å². The average molecular weight is 289 g/mol. The van der Waals surface area contributed by atoms with Crippen molar-refractivity contribution in [1.29, 1.82) is 0 Å². The third-order valence-electron chi connectivity index (χ3n) is 2.42. The number of amides is 1. The fraction of sp³-hybridized carbons (Fsp3) is 0.267. The summed E-state index contributed by atoms with van der Waals surface area (Å²) in [4.78, 5) is 19.8. The van der Waals surface area contributed by atoms with Crippen LogP contribution in [-0.4, -0.2) is 21.7 Å². The van der Waals surface area contributed by atoms with Crippen LogP contribution in [0.2, 0.25) is 0 Å². The van der Waals surface area contributed by atoms with Gasteiger partial charge in [0.05, 0.1) is 17.6 Å². The fourth-order valence-electron chi connectivity index (χ4n) is 1.69. The van der Waals surface area contributed by atoms with E-state index in [-0.39, 0.29) is 0 Å². The second-order valence-electron chi connectivity index (χ2n) is 5.42.